The van der Waals surface area contributed by atoms with E-state index in [1.807, 2.05) is 32.0 Å². The van der Waals surface area contributed by atoms with Crippen LogP contribution in [0.5, 0.6) is 0 Å². The number of rotatable bonds is 4. The van der Waals surface area contributed by atoms with E-state index in [0.717, 1.165) is 5.69 Å². The Bertz CT molecular complexity index is 1790. The van der Waals surface area contributed by atoms with Crippen molar-refractivity contribution in [1.82, 2.24) is 29.3 Å². The summed E-state index contributed by atoms with van der Waals surface area (Å²) in [5.41, 5.74) is 4.43. The molecule has 0 aliphatic rings. The Morgan fingerprint density at radius 2 is 1.90 bits per heavy atom. The van der Waals surface area contributed by atoms with Crippen LogP contribution in [0.25, 0.3) is 27.9 Å². The number of aromatic nitrogens is 6. The van der Waals surface area contributed by atoms with E-state index in [0.29, 0.717) is 45.0 Å². The molecule has 198 valence electrons. The van der Waals surface area contributed by atoms with Crippen LogP contribution in [0.2, 0.25) is 0 Å². The molecule has 4 aromatic heterocycles. The number of benzene rings is 1. The summed E-state index contributed by atoms with van der Waals surface area (Å²) in [6.07, 6.45) is -2.09. The fourth-order valence-corrected chi connectivity index (χ4v) is 3.83. The summed E-state index contributed by atoms with van der Waals surface area (Å²) in [5.74, 6) is -2.22. The number of hydrogen-bond acceptors (Lipinski definition) is 8. The Balaban J connectivity index is 0.000000448. The highest BCUT2D eigenvalue weighted by Gasteiger charge is 2.38. The molecule has 0 amide bonds. The smallest absolute Gasteiger partial charge is 0.475 e. The van der Waals surface area contributed by atoms with Crippen molar-refractivity contribution in [2.45, 2.75) is 26.1 Å². The van der Waals surface area contributed by atoms with Crippen LogP contribution in [0, 0.1) is 18.3 Å². The highest BCUT2D eigenvalue weighted by atomic mass is 19.4. The minimum Gasteiger partial charge on any atom is -0.475 e. The van der Waals surface area contributed by atoms with Gasteiger partial charge in [0.1, 0.15) is 17.5 Å². The maximum Gasteiger partial charge on any atom is 0.490 e. The number of alkyl halides is 3. The van der Waals surface area contributed by atoms with Gasteiger partial charge in [-0.05, 0) is 43.7 Å². The third kappa shape index (κ3) is 5.52. The number of nitriles is 1. The summed E-state index contributed by atoms with van der Waals surface area (Å²) in [7, 11) is 0. The van der Waals surface area contributed by atoms with Crippen LogP contribution in [0.15, 0.2) is 59.9 Å². The van der Waals surface area contributed by atoms with E-state index in [9.17, 15) is 23.2 Å². The molecule has 11 nitrogen and oxygen atoms in total. The molecule has 5 rings (SSSR count). The van der Waals surface area contributed by atoms with Gasteiger partial charge in [0.25, 0.3) is 5.56 Å². The zero-order valence-electron chi connectivity index (χ0n) is 20.4. The molecule has 39 heavy (non-hydrogen) atoms. The average Bonchev–Trinajstić information content (AvgIpc) is 3.38. The average molecular weight is 536 g/mol. The van der Waals surface area contributed by atoms with Gasteiger partial charge in [-0.15, -0.1) is 0 Å². The number of carbonyl (C=O) groups is 1. The maximum atomic E-state index is 13.7. The van der Waals surface area contributed by atoms with Gasteiger partial charge in [-0.25, -0.2) is 24.7 Å². The lowest BCUT2D eigenvalue weighted by Gasteiger charge is -2.19. The molecule has 1 atom stereocenters. The fraction of sp³-hybridized carbons (Fsp3) is 0.160. The van der Waals surface area contributed by atoms with E-state index >= 15 is 0 Å². The Hall–Kier alpha value is -5.32. The van der Waals surface area contributed by atoms with Crippen LogP contribution >= 0.6 is 0 Å². The van der Waals surface area contributed by atoms with Gasteiger partial charge in [0.05, 0.1) is 35.3 Å². The second-order valence-corrected chi connectivity index (χ2v) is 8.22. The van der Waals surface area contributed by atoms with Crippen molar-refractivity contribution in [3.8, 4) is 17.2 Å². The lowest BCUT2D eigenvalue weighted by atomic mass is 9.99. The zero-order chi connectivity index (χ0) is 28.3. The topological polar surface area (TPSA) is 162 Å². The molecule has 0 saturated carbocycles. The minimum absolute atomic E-state index is 0.195. The highest BCUT2D eigenvalue weighted by Crippen LogP contribution is 2.28. The Morgan fingerprint density at radius 3 is 2.59 bits per heavy atom. The predicted molar refractivity (Wildman–Crippen MR) is 134 cm³/mol. The molecule has 4 heterocycles. The van der Waals surface area contributed by atoms with Crippen LogP contribution in [-0.4, -0.2) is 46.6 Å². The number of aliphatic carboxylic acids is 1. The lowest BCUT2D eigenvalue weighted by molar-refractivity contribution is -0.192. The van der Waals surface area contributed by atoms with Gasteiger partial charge in [0.15, 0.2) is 11.5 Å². The summed E-state index contributed by atoms with van der Waals surface area (Å²) < 4.78 is 33.3. The van der Waals surface area contributed by atoms with Gasteiger partial charge >= 0.3 is 12.1 Å². The molecule has 0 saturated heterocycles. The largest absolute Gasteiger partial charge is 0.490 e. The molecule has 14 heteroatoms. The molecule has 0 bridgehead atoms. The fourth-order valence-electron chi connectivity index (χ4n) is 3.83. The second kappa shape index (κ2) is 10.6. The number of aromatic amines is 1. The number of aryl methyl sites for hydroxylation is 1. The Labute approximate surface area is 217 Å². The molecule has 5 aromatic rings. The van der Waals surface area contributed by atoms with Crippen LogP contribution in [0.3, 0.4) is 0 Å². The number of anilines is 1. The van der Waals surface area contributed by atoms with E-state index in [4.69, 9.17) is 14.9 Å². The molecular formula is C25H19F3N8O3. The number of hydrogen-bond donors (Lipinski definition) is 3. The molecule has 0 aliphatic heterocycles. The summed E-state index contributed by atoms with van der Waals surface area (Å²) in [4.78, 5) is 43.1. The van der Waals surface area contributed by atoms with E-state index in [-0.39, 0.29) is 11.6 Å². The van der Waals surface area contributed by atoms with Crippen molar-refractivity contribution in [2.75, 3.05) is 5.32 Å². The van der Waals surface area contributed by atoms with Crippen LogP contribution in [0.1, 0.15) is 29.9 Å². The molecule has 1 unspecified atom stereocenters. The Morgan fingerprint density at radius 1 is 1.18 bits per heavy atom. The quantitative estimate of drug-likeness (QED) is 0.308. The van der Waals surface area contributed by atoms with Gasteiger partial charge in [-0.3, -0.25) is 9.20 Å². The number of pyridine rings is 1. The first-order chi connectivity index (χ1) is 18.5. The number of nitrogens with zero attached hydrogens (tertiary/aromatic N) is 6. The number of fused-ring (bicyclic) bond motifs is 2. The molecule has 0 aliphatic carbocycles. The van der Waals surface area contributed by atoms with Gasteiger partial charge in [-0.1, -0.05) is 18.2 Å². The Kier molecular flexibility index (Phi) is 7.25. The van der Waals surface area contributed by atoms with Crippen LogP contribution in [0.4, 0.5) is 19.0 Å². The first-order valence-corrected chi connectivity index (χ1v) is 11.2. The summed E-state index contributed by atoms with van der Waals surface area (Å²) >= 11 is 0. The number of carboxylic acid groups (broad SMARTS) is 1. The van der Waals surface area contributed by atoms with Crippen molar-refractivity contribution in [1.29, 1.82) is 5.26 Å². The summed E-state index contributed by atoms with van der Waals surface area (Å²) in [6.45, 7) is 3.77. The third-order valence-electron chi connectivity index (χ3n) is 5.58. The van der Waals surface area contributed by atoms with Crippen molar-refractivity contribution in [3.63, 3.8) is 0 Å². The van der Waals surface area contributed by atoms with E-state index in [2.05, 4.69) is 31.3 Å². The van der Waals surface area contributed by atoms with Gasteiger partial charge < -0.3 is 15.4 Å². The van der Waals surface area contributed by atoms with Gasteiger partial charge in [-0.2, -0.15) is 18.4 Å². The van der Waals surface area contributed by atoms with Crippen molar-refractivity contribution < 1.29 is 23.1 Å². The molecule has 0 spiro atoms. The van der Waals surface area contributed by atoms with E-state index in [1.165, 1.54) is 6.33 Å². The SMILES string of the molecule is Cc1cccc2nc(C(C)Nc3ncnc4[nH]cnc34)c(-c3cccc(C#N)c3)c(=O)n12.O=C(O)C(F)(F)F. The van der Waals surface area contributed by atoms with Crippen LogP contribution in [-0.2, 0) is 4.79 Å². The van der Waals surface area contributed by atoms with Crippen molar-refractivity contribution >= 4 is 28.6 Å². The van der Waals surface area contributed by atoms with Crippen molar-refractivity contribution in [3.05, 3.63) is 82.4 Å². The van der Waals surface area contributed by atoms with Gasteiger partial charge in [0.2, 0.25) is 0 Å². The number of imidazole rings is 1. The number of H-pyrrole nitrogens is 1. The van der Waals surface area contributed by atoms with Gasteiger partial charge in [0, 0.05) is 5.69 Å². The molecule has 1 aromatic carbocycles. The molecule has 3 N–H and O–H groups in total. The monoisotopic (exact) mass is 536 g/mol. The third-order valence-corrected chi connectivity index (χ3v) is 5.58. The van der Waals surface area contributed by atoms with Crippen molar-refractivity contribution in [2.24, 2.45) is 0 Å². The molecule has 0 fully saturated rings. The predicted octanol–water partition coefficient (Wildman–Crippen LogP) is 4.01. The minimum atomic E-state index is -5.08. The normalized spacial score (nSPS) is 11.9. The first kappa shape index (κ1) is 26.7. The maximum absolute atomic E-state index is 13.7. The standard InChI is InChI=1S/C23H18N8O.C2HF3O2/c1-13-5-3-8-17-30-19(14(2)29-22-20-21(26-11-25-20)27-12-28-22)18(23(32)31(13)17)16-7-4-6-15(9-16)10-24;3-2(4,5)1(6)7/h3-9,11-12,14H,1-2H3,(H2,25,26,27,28,29);(H,6,7). The van der Waals surface area contributed by atoms with Crippen LogP contribution < -0.4 is 10.9 Å². The van der Waals surface area contributed by atoms with E-state index in [1.54, 1.807) is 35.0 Å². The summed E-state index contributed by atoms with van der Waals surface area (Å²) in [6, 6.07) is 14.3. The second-order valence-electron chi connectivity index (χ2n) is 8.22. The molecule has 0 radical (unpaired) electrons. The molecular weight excluding hydrogens is 517 g/mol. The lowest BCUT2D eigenvalue weighted by Crippen LogP contribution is -2.24. The number of nitrogens with one attached hydrogen (secondary N) is 2. The number of halogens is 3. The first-order valence-electron chi connectivity index (χ1n) is 11.2. The van der Waals surface area contributed by atoms with E-state index < -0.39 is 12.1 Å². The zero-order valence-corrected chi connectivity index (χ0v) is 20.4. The summed E-state index contributed by atoms with van der Waals surface area (Å²) in [5, 5.41) is 19.8. The number of carboxylic acids is 1. The highest BCUT2D eigenvalue weighted by molar-refractivity contribution is 5.82.